The minimum atomic E-state index is -4.55. The van der Waals surface area contributed by atoms with E-state index in [0.717, 1.165) is 0 Å². The number of rotatable bonds is 7. The second kappa shape index (κ2) is 7.11. The molecule has 1 aromatic carbocycles. The second-order valence-electron chi connectivity index (χ2n) is 4.07. The molecule has 1 N–H and O–H groups in total. The lowest BCUT2D eigenvalue weighted by Crippen LogP contribution is -2.36. The maximum atomic E-state index is 12.6. The fraction of sp³-hybridized carbons (Fsp3) is 0.500. The molecule has 0 aliphatic heterocycles. The predicted octanol–water partition coefficient (Wildman–Crippen LogP) is 2.35. The fourth-order valence-corrected chi connectivity index (χ4v) is 1.84. The van der Waals surface area contributed by atoms with E-state index in [2.05, 4.69) is 0 Å². The van der Waals surface area contributed by atoms with Crippen LogP contribution in [0.1, 0.15) is 6.92 Å². The quantitative estimate of drug-likeness (QED) is 0.618. The molecule has 0 aromatic heterocycles. The summed E-state index contributed by atoms with van der Waals surface area (Å²) >= 11 is 0. The lowest BCUT2D eigenvalue weighted by molar-refractivity contribution is -0.385. The van der Waals surface area contributed by atoms with Gasteiger partial charge in [-0.15, -0.1) is 0 Å². The molecule has 1 aromatic rings. The highest BCUT2D eigenvalue weighted by molar-refractivity contribution is 5.69. The minimum Gasteiger partial charge on any atom is -0.487 e. The standard InChI is InChI=1S/C12H15F3N2O4/c1-2-21-10-5-3-4-9(11(10)17(19)20)16(6-7-18)8-12(13,14)15/h3-5,18H,2,6-8H2,1H3. The molecule has 0 aliphatic rings. The first-order chi connectivity index (χ1) is 9.80. The number of hydrogen-bond acceptors (Lipinski definition) is 5. The highest BCUT2D eigenvalue weighted by Gasteiger charge is 2.34. The van der Waals surface area contributed by atoms with Gasteiger partial charge < -0.3 is 14.7 Å². The molecule has 0 spiro atoms. The summed E-state index contributed by atoms with van der Waals surface area (Å²) in [6.07, 6.45) is -4.55. The van der Waals surface area contributed by atoms with Crippen molar-refractivity contribution in [1.29, 1.82) is 0 Å². The highest BCUT2D eigenvalue weighted by Crippen LogP contribution is 2.38. The molecule has 0 saturated carbocycles. The van der Waals surface area contributed by atoms with Crippen LogP contribution in [0, 0.1) is 10.1 Å². The monoisotopic (exact) mass is 308 g/mol. The van der Waals surface area contributed by atoms with Crippen LogP contribution in [0.2, 0.25) is 0 Å². The molecule has 6 nitrogen and oxygen atoms in total. The van der Waals surface area contributed by atoms with Gasteiger partial charge in [0.2, 0.25) is 0 Å². The average Bonchev–Trinajstić information content (AvgIpc) is 2.36. The zero-order chi connectivity index (χ0) is 16.0. The van der Waals surface area contributed by atoms with E-state index in [-0.39, 0.29) is 24.6 Å². The number of hydrogen-bond donors (Lipinski definition) is 1. The first kappa shape index (κ1) is 17.0. The highest BCUT2D eigenvalue weighted by atomic mass is 19.4. The molecule has 0 fully saturated rings. The predicted molar refractivity (Wildman–Crippen MR) is 69.6 cm³/mol. The average molecular weight is 308 g/mol. The van der Waals surface area contributed by atoms with Gasteiger partial charge in [0.25, 0.3) is 0 Å². The van der Waals surface area contributed by atoms with Gasteiger partial charge in [0.1, 0.15) is 12.2 Å². The molecule has 0 amide bonds. The van der Waals surface area contributed by atoms with Crippen LogP contribution in [0.5, 0.6) is 5.75 Å². The summed E-state index contributed by atoms with van der Waals surface area (Å²) in [6, 6.07) is 3.88. The first-order valence-corrected chi connectivity index (χ1v) is 6.13. The molecule has 21 heavy (non-hydrogen) atoms. The Hall–Kier alpha value is -2.03. The Morgan fingerprint density at radius 2 is 2.10 bits per heavy atom. The summed E-state index contributed by atoms with van der Waals surface area (Å²) in [6.45, 7) is -0.590. The molecule has 0 aliphatic carbocycles. The van der Waals surface area contributed by atoms with E-state index in [1.165, 1.54) is 18.2 Å². The minimum absolute atomic E-state index is 0.106. The zero-order valence-electron chi connectivity index (χ0n) is 11.3. The van der Waals surface area contributed by atoms with Crippen molar-refractivity contribution in [2.75, 3.05) is 31.2 Å². The largest absolute Gasteiger partial charge is 0.487 e. The Morgan fingerprint density at radius 3 is 2.57 bits per heavy atom. The Balaban J connectivity index is 3.29. The Kier molecular flexibility index (Phi) is 5.77. The first-order valence-electron chi connectivity index (χ1n) is 6.13. The molecule has 0 atom stereocenters. The van der Waals surface area contributed by atoms with Gasteiger partial charge in [-0.25, -0.2) is 0 Å². The number of para-hydroxylation sites is 1. The summed E-state index contributed by atoms with van der Waals surface area (Å²) in [5.41, 5.74) is -0.783. The third-order valence-corrected chi connectivity index (χ3v) is 2.54. The van der Waals surface area contributed by atoms with Crippen molar-refractivity contribution < 1.29 is 27.9 Å². The van der Waals surface area contributed by atoms with E-state index in [9.17, 15) is 23.3 Å². The number of anilines is 1. The third kappa shape index (κ3) is 4.78. The van der Waals surface area contributed by atoms with Crippen LogP contribution < -0.4 is 9.64 Å². The number of halogens is 3. The summed E-state index contributed by atoms with van der Waals surface area (Å²) in [5, 5.41) is 20.0. The summed E-state index contributed by atoms with van der Waals surface area (Å²) < 4.78 is 42.8. The van der Waals surface area contributed by atoms with Gasteiger partial charge in [0.15, 0.2) is 5.75 Å². The Morgan fingerprint density at radius 1 is 1.43 bits per heavy atom. The van der Waals surface area contributed by atoms with Crippen molar-refractivity contribution in [3.8, 4) is 5.75 Å². The van der Waals surface area contributed by atoms with Crippen LogP contribution in [-0.2, 0) is 0 Å². The number of nitro groups is 1. The third-order valence-electron chi connectivity index (χ3n) is 2.54. The van der Waals surface area contributed by atoms with Crippen LogP contribution in [0.25, 0.3) is 0 Å². The molecule has 9 heteroatoms. The topological polar surface area (TPSA) is 75.8 Å². The van der Waals surface area contributed by atoms with Gasteiger partial charge in [-0.3, -0.25) is 10.1 Å². The molecule has 0 bridgehead atoms. The van der Waals surface area contributed by atoms with E-state index >= 15 is 0 Å². The number of aliphatic hydroxyl groups is 1. The SMILES string of the molecule is CCOc1cccc(N(CCO)CC(F)(F)F)c1[N+](=O)[O-]. The Bertz CT molecular complexity index is 494. The lowest BCUT2D eigenvalue weighted by atomic mass is 10.2. The van der Waals surface area contributed by atoms with Crippen LogP contribution in [0.15, 0.2) is 18.2 Å². The van der Waals surface area contributed by atoms with Gasteiger partial charge in [0, 0.05) is 6.54 Å². The van der Waals surface area contributed by atoms with Crippen LogP contribution in [0.3, 0.4) is 0 Å². The maximum Gasteiger partial charge on any atom is 0.405 e. The number of nitro benzene ring substituents is 1. The molecule has 1 rings (SSSR count). The number of benzene rings is 1. The number of ether oxygens (including phenoxy) is 1. The molecule has 118 valence electrons. The van der Waals surface area contributed by atoms with Crippen molar-refractivity contribution in [2.24, 2.45) is 0 Å². The summed E-state index contributed by atoms with van der Waals surface area (Å²) in [4.78, 5) is 11.1. The zero-order valence-corrected chi connectivity index (χ0v) is 11.3. The molecular weight excluding hydrogens is 293 g/mol. The van der Waals surface area contributed by atoms with E-state index in [1.807, 2.05) is 0 Å². The van der Waals surface area contributed by atoms with Crippen molar-refractivity contribution in [3.05, 3.63) is 28.3 Å². The fourth-order valence-electron chi connectivity index (χ4n) is 1.84. The summed E-state index contributed by atoms with van der Waals surface area (Å²) in [5.74, 6) is -0.106. The molecule has 0 heterocycles. The van der Waals surface area contributed by atoms with Crippen molar-refractivity contribution in [3.63, 3.8) is 0 Å². The second-order valence-corrected chi connectivity index (χ2v) is 4.07. The van der Waals surface area contributed by atoms with Gasteiger partial charge >= 0.3 is 11.9 Å². The van der Waals surface area contributed by atoms with Crippen LogP contribution >= 0.6 is 0 Å². The van der Waals surface area contributed by atoms with Crippen molar-refractivity contribution in [2.45, 2.75) is 13.1 Å². The van der Waals surface area contributed by atoms with Crippen molar-refractivity contribution >= 4 is 11.4 Å². The van der Waals surface area contributed by atoms with E-state index in [0.29, 0.717) is 4.90 Å². The summed E-state index contributed by atoms with van der Waals surface area (Å²) in [7, 11) is 0. The molecular formula is C12H15F3N2O4. The maximum absolute atomic E-state index is 12.6. The van der Waals surface area contributed by atoms with E-state index in [1.54, 1.807) is 6.92 Å². The number of aliphatic hydroxyl groups excluding tert-OH is 1. The molecule has 0 radical (unpaired) electrons. The van der Waals surface area contributed by atoms with Gasteiger partial charge in [-0.05, 0) is 19.1 Å². The van der Waals surface area contributed by atoms with E-state index in [4.69, 9.17) is 9.84 Å². The van der Waals surface area contributed by atoms with Crippen LogP contribution in [0.4, 0.5) is 24.5 Å². The van der Waals surface area contributed by atoms with Gasteiger partial charge in [-0.2, -0.15) is 13.2 Å². The lowest BCUT2D eigenvalue weighted by Gasteiger charge is -2.25. The Labute approximate surface area is 118 Å². The number of alkyl halides is 3. The number of nitrogens with zero attached hydrogens (tertiary/aromatic N) is 2. The molecule has 0 unspecified atom stereocenters. The van der Waals surface area contributed by atoms with Crippen molar-refractivity contribution in [1.82, 2.24) is 0 Å². The van der Waals surface area contributed by atoms with Gasteiger partial charge in [0.05, 0.1) is 18.1 Å². The normalized spacial score (nSPS) is 11.3. The van der Waals surface area contributed by atoms with Crippen LogP contribution in [-0.4, -0.2) is 42.5 Å². The van der Waals surface area contributed by atoms with E-state index < -0.39 is 29.9 Å². The molecule has 0 saturated heterocycles. The smallest absolute Gasteiger partial charge is 0.405 e. The van der Waals surface area contributed by atoms with Gasteiger partial charge in [-0.1, -0.05) is 6.07 Å².